The maximum Gasteiger partial charge on any atom is 0.191 e. The summed E-state index contributed by atoms with van der Waals surface area (Å²) >= 11 is 3.45. The van der Waals surface area contributed by atoms with Crippen LogP contribution in [-0.4, -0.2) is 32.1 Å². The van der Waals surface area contributed by atoms with E-state index in [-0.39, 0.29) is 0 Å². The van der Waals surface area contributed by atoms with Gasteiger partial charge in [-0.2, -0.15) is 0 Å². The van der Waals surface area contributed by atoms with Crippen LogP contribution >= 0.6 is 15.9 Å². The lowest BCUT2D eigenvalue weighted by atomic mass is 10.3. The van der Waals surface area contributed by atoms with Gasteiger partial charge < -0.3 is 16.0 Å². The molecule has 0 atom stereocenters. The highest BCUT2D eigenvalue weighted by molar-refractivity contribution is 9.10. The number of nitrogens with one attached hydrogen (secondary N) is 3. The number of hydrogen-bond acceptors (Lipinski definition) is 2. The fourth-order valence-corrected chi connectivity index (χ4v) is 1.87. The Bertz CT molecular complexity index is 371. The monoisotopic (exact) mass is 312 g/mol. The Kier molecular flexibility index (Phi) is 7.25. The predicted molar refractivity (Wildman–Crippen MR) is 82.3 cm³/mol. The largest absolute Gasteiger partial charge is 0.383 e. The normalized spacial score (nSPS) is 9.72. The van der Waals surface area contributed by atoms with Gasteiger partial charge in [0.25, 0.3) is 0 Å². The molecule has 0 aliphatic heterocycles. The van der Waals surface area contributed by atoms with E-state index in [1.54, 1.807) is 0 Å². The summed E-state index contributed by atoms with van der Waals surface area (Å²) in [6.07, 6.45) is 0. The van der Waals surface area contributed by atoms with E-state index in [4.69, 9.17) is 0 Å². The molecule has 1 aromatic rings. The highest BCUT2D eigenvalue weighted by Gasteiger charge is 1.94. The van der Waals surface area contributed by atoms with Gasteiger partial charge in [-0.1, -0.05) is 22.0 Å². The molecular formula is C13H21BrN4. The summed E-state index contributed by atoms with van der Waals surface area (Å²) in [7, 11) is 0. The number of anilines is 1. The molecule has 0 unspecified atom stereocenters. The second-order valence-corrected chi connectivity index (χ2v) is 4.64. The average Bonchev–Trinajstić information content (AvgIpc) is 2.35. The van der Waals surface area contributed by atoms with Crippen LogP contribution in [0.2, 0.25) is 0 Å². The van der Waals surface area contributed by atoms with Gasteiger partial charge in [0, 0.05) is 29.8 Å². The molecule has 0 spiro atoms. The molecule has 1 aromatic carbocycles. The third-order valence-corrected chi connectivity index (χ3v) is 2.72. The maximum absolute atomic E-state index is 4.46. The number of rotatable bonds is 6. The van der Waals surface area contributed by atoms with Gasteiger partial charge in [-0.15, -0.1) is 0 Å². The molecule has 100 valence electrons. The zero-order chi connectivity index (χ0) is 13.2. The van der Waals surface area contributed by atoms with E-state index in [1.807, 2.05) is 18.2 Å². The van der Waals surface area contributed by atoms with Crippen LogP contribution in [0.25, 0.3) is 0 Å². The van der Waals surface area contributed by atoms with Crippen molar-refractivity contribution in [2.75, 3.05) is 31.5 Å². The summed E-state index contributed by atoms with van der Waals surface area (Å²) in [6, 6.07) is 8.12. The Labute approximate surface area is 117 Å². The lowest BCUT2D eigenvalue weighted by molar-refractivity contribution is 0.840. The SMILES string of the molecule is CCNC(=NCCNc1cccc(Br)c1)NCC. The van der Waals surface area contributed by atoms with Crippen LogP contribution in [0.4, 0.5) is 5.69 Å². The van der Waals surface area contributed by atoms with Crippen LogP contribution in [0, 0.1) is 0 Å². The first-order valence-corrected chi connectivity index (χ1v) is 7.07. The van der Waals surface area contributed by atoms with Gasteiger partial charge in [-0.05, 0) is 32.0 Å². The lowest BCUT2D eigenvalue weighted by Crippen LogP contribution is -2.37. The van der Waals surface area contributed by atoms with Gasteiger partial charge in [-0.3, -0.25) is 4.99 Å². The van der Waals surface area contributed by atoms with Gasteiger partial charge in [0.2, 0.25) is 0 Å². The van der Waals surface area contributed by atoms with Crippen LogP contribution in [0.5, 0.6) is 0 Å². The fourth-order valence-electron chi connectivity index (χ4n) is 1.48. The summed E-state index contributed by atoms with van der Waals surface area (Å²) < 4.78 is 1.08. The molecular weight excluding hydrogens is 292 g/mol. The molecule has 0 bridgehead atoms. The van der Waals surface area contributed by atoms with Crippen molar-refractivity contribution < 1.29 is 0 Å². The van der Waals surface area contributed by atoms with Gasteiger partial charge in [0.15, 0.2) is 5.96 Å². The second kappa shape index (κ2) is 8.80. The molecule has 3 N–H and O–H groups in total. The number of hydrogen-bond donors (Lipinski definition) is 3. The van der Waals surface area contributed by atoms with E-state index in [1.165, 1.54) is 0 Å². The summed E-state index contributed by atoms with van der Waals surface area (Å²) in [4.78, 5) is 4.46. The molecule has 0 saturated carbocycles. The number of halogens is 1. The van der Waals surface area contributed by atoms with Crippen molar-refractivity contribution >= 4 is 27.6 Å². The molecule has 5 heteroatoms. The fraction of sp³-hybridized carbons (Fsp3) is 0.462. The van der Waals surface area contributed by atoms with Crippen molar-refractivity contribution in [2.24, 2.45) is 4.99 Å². The summed E-state index contributed by atoms with van der Waals surface area (Å²) in [6.45, 7) is 7.44. The number of guanidine groups is 1. The predicted octanol–water partition coefficient (Wildman–Crippen LogP) is 2.44. The zero-order valence-corrected chi connectivity index (χ0v) is 12.5. The molecule has 18 heavy (non-hydrogen) atoms. The van der Waals surface area contributed by atoms with E-state index in [0.29, 0.717) is 0 Å². The molecule has 0 radical (unpaired) electrons. The minimum atomic E-state index is 0.738. The van der Waals surface area contributed by atoms with Crippen LogP contribution in [0.3, 0.4) is 0 Å². The molecule has 1 rings (SSSR count). The molecule has 0 heterocycles. The molecule has 0 saturated heterocycles. The van der Waals surface area contributed by atoms with E-state index in [2.05, 4.69) is 56.8 Å². The van der Waals surface area contributed by atoms with Crippen molar-refractivity contribution in [1.29, 1.82) is 0 Å². The van der Waals surface area contributed by atoms with E-state index < -0.39 is 0 Å². The number of aliphatic imine (C=N–C) groups is 1. The van der Waals surface area contributed by atoms with E-state index in [0.717, 1.165) is 42.3 Å². The van der Waals surface area contributed by atoms with Crippen molar-refractivity contribution in [2.45, 2.75) is 13.8 Å². The Hall–Kier alpha value is -1.23. The van der Waals surface area contributed by atoms with Gasteiger partial charge >= 0.3 is 0 Å². The van der Waals surface area contributed by atoms with E-state index >= 15 is 0 Å². The zero-order valence-electron chi connectivity index (χ0n) is 11.0. The van der Waals surface area contributed by atoms with Crippen LogP contribution in [0.15, 0.2) is 33.7 Å². The van der Waals surface area contributed by atoms with Crippen LogP contribution < -0.4 is 16.0 Å². The van der Waals surface area contributed by atoms with Crippen molar-refractivity contribution in [3.05, 3.63) is 28.7 Å². The van der Waals surface area contributed by atoms with Crippen molar-refractivity contribution in [3.63, 3.8) is 0 Å². The van der Waals surface area contributed by atoms with Gasteiger partial charge in [0.1, 0.15) is 0 Å². The lowest BCUT2D eigenvalue weighted by Gasteiger charge is -2.09. The molecule has 0 aliphatic rings. The van der Waals surface area contributed by atoms with Crippen LogP contribution in [-0.2, 0) is 0 Å². The Morgan fingerprint density at radius 1 is 1.22 bits per heavy atom. The summed E-state index contributed by atoms with van der Waals surface area (Å²) in [5, 5.41) is 9.72. The first kappa shape index (κ1) is 14.8. The Morgan fingerprint density at radius 2 is 1.94 bits per heavy atom. The highest BCUT2D eigenvalue weighted by Crippen LogP contribution is 2.14. The first-order chi connectivity index (χ1) is 8.76. The minimum absolute atomic E-state index is 0.738. The first-order valence-electron chi connectivity index (χ1n) is 6.28. The Morgan fingerprint density at radius 3 is 2.56 bits per heavy atom. The average molecular weight is 313 g/mol. The molecule has 0 aromatic heterocycles. The number of benzene rings is 1. The van der Waals surface area contributed by atoms with Crippen LogP contribution in [0.1, 0.15) is 13.8 Å². The molecule has 4 nitrogen and oxygen atoms in total. The quantitative estimate of drug-likeness (QED) is 0.429. The number of nitrogens with zero attached hydrogens (tertiary/aromatic N) is 1. The Balaban J connectivity index is 2.34. The third-order valence-electron chi connectivity index (χ3n) is 2.22. The van der Waals surface area contributed by atoms with Crippen molar-refractivity contribution in [3.8, 4) is 0 Å². The summed E-state index contributed by atoms with van der Waals surface area (Å²) in [5.41, 5.74) is 1.10. The smallest absolute Gasteiger partial charge is 0.191 e. The van der Waals surface area contributed by atoms with E-state index in [9.17, 15) is 0 Å². The maximum atomic E-state index is 4.46. The van der Waals surface area contributed by atoms with Gasteiger partial charge in [0.05, 0.1) is 6.54 Å². The second-order valence-electron chi connectivity index (χ2n) is 3.73. The highest BCUT2D eigenvalue weighted by atomic mass is 79.9. The molecule has 0 fully saturated rings. The minimum Gasteiger partial charge on any atom is -0.383 e. The molecule has 0 amide bonds. The standard InChI is InChI=1S/C13H21BrN4/c1-3-15-13(16-4-2)18-9-8-17-12-7-5-6-11(14)10-12/h5-7,10,17H,3-4,8-9H2,1-2H3,(H2,15,16,18). The summed E-state index contributed by atoms with van der Waals surface area (Å²) in [5.74, 6) is 0.871. The van der Waals surface area contributed by atoms with Gasteiger partial charge in [-0.25, -0.2) is 0 Å². The third kappa shape index (κ3) is 5.91. The van der Waals surface area contributed by atoms with Crippen molar-refractivity contribution in [1.82, 2.24) is 10.6 Å². The molecule has 0 aliphatic carbocycles. The topological polar surface area (TPSA) is 48.5 Å².